The van der Waals surface area contributed by atoms with Crippen molar-refractivity contribution in [2.45, 2.75) is 45.8 Å². The third kappa shape index (κ3) is 7.08. The lowest BCUT2D eigenvalue weighted by Gasteiger charge is -2.36. The summed E-state index contributed by atoms with van der Waals surface area (Å²) in [6.07, 6.45) is -4.84. The van der Waals surface area contributed by atoms with Crippen LogP contribution >= 0.6 is 11.6 Å². The van der Waals surface area contributed by atoms with E-state index < -0.39 is 41.7 Å². The van der Waals surface area contributed by atoms with Gasteiger partial charge in [0.15, 0.2) is 11.4 Å². The number of anilines is 3. The van der Waals surface area contributed by atoms with Crippen molar-refractivity contribution in [1.29, 1.82) is 0 Å². The lowest BCUT2D eigenvalue weighted by molar-refractivity contribution is -0.137. The van der Waals surface area contributed by atoms with E-state index in [0.29, 0.717) is 11.8 Å². The first kappa shape index (κ1) is 36.5. The number of carbonyl (C=O) groups is 2. The first-order chi connectivity index (χ1) is 24.7. The minimum Gasteiger partial charge on any atom is -0.504 e. The van der Waals surface area contributed by atoms with Gasteiger partial charge in [-0.1, -0.05) is 18.5 Å². The monoisotopic (exact) mass is 750 g/mol. The largest absolute Gasteiger partial charge is 0.504 e. The van der Waals surface area contributed by atoms with Gasteiger partial charge >= 0.3 is 6.18 Å². The van der Waals surface area contributed by atoms with Crippen LogP contribution in [0.25, 0.3) is 5.78 Å². The summed E-state index contributed by atoms with van der Waals surface area (Å²) in [6.45, 7) is 3.81. The molecule has 2 N–H and O–H groups in total. The van der Waals surface area contributed by atoms with E-state index in [0.717, 1.165) is 16.6 Å². The second-order valence-corrected chi connectivity index (χ2v) is 12.6. The van der Waals surface area contributed by atoms with Crippen molar-refractivity contribution >= 4 is 46.5 Å². The molecule has 276 valence electrons. The van der Waals surface area contributed by atoms with Crippen LogP contribution in [0.4, 0.5) is 39.3 Å². The number of hydrogen-bond donors (Lipinski definition) is 2. The summed E-state index contributed by atoms with van der Waals surface area (Å²) in [6, 6.07) is 2.51. The van der Waals surface area contributed by atoms with Gasteiger partial charge in [0, 0.05) is 39.3 Å². The number of aromatic nitrogens is 6. The van der Waals surface area contributed by atoms with E-state index in [4.69, 9.17) is 11.6 Å². The fraction of sp³-hybridized carbons (Fsp3) is 0.406. The van der Waals surface area contributed by atoms with E-state index in [2.05, 4.69) is 25.4 Å². The number of piperidine rings is 1. The van der Waals surface area contributed by atoms with Gasteiger partial charge in [-0.2, -0.15) is 31.5 Å². The number of rotatable bonds is 7. The summed E-state index contributed by atoms with van der Waals surface area (Å²) in [5.41, 5.74) is -0.942. The van der Waals surface area contributed by atoms with Crippen LogP contribution in [0.3, 0.4) is 0 Å². The Labute approximate surface area is 297 Å². The number of hydrogen-bond acceptors (Lipinski definition) is 10. The number of aromatic hydroxyl groups is 1. The van der Waals surface area contributed by atoms with Crippen LogP contribution in [0.5, 0.6) is 5.75 Å². The van der Waals surface area contributed by atoms with Crippen LogP contribution in [0.2, 0.25) is 5.02 Å². The first-order valence-corrected chi connectivity index (χ1v) is 16.6. The molecule has 52 heavy (non-hydrogen) atoms. The topological polar surface area (TPSA) is 154 Å². The number of benzene rings is 1. The second kappa shape index (κ2) is 14.4. The molecule has 4 aromatic rings. The Balaban J connectivity index is 1.35. The molecule has 5 heterocycles. The number of alkyl halides is 3. The van der Waals surface area contributed by atoms with Gasteiger partial charge in [-0.25, -0.2) is 9.97 Å². The smallest absolute Gasteiger partial charge is 0.416 e. The molecule has 1 aromatic carbocycles. The molecule has 0 aliphatic carbocycles. The predicted octanol–water partition coefficient (Wildman–Crippen LogP) is 4.28. The molecule has 0 unspecified atom stereocenters. The summed E-state index contributed by atoms with van der Waals surface area (Å²) in [4.78, 5) is 58.2. The number of piperazine rings is 1. The van der Waals surface area contributed by atoms with Crippen molar-refractivity contribution in [1.82, 2.24) is 34.0 Å². The SMILES string of the molecule is CCc1c(N2CCN(C(=O)c3ncnc(C)c3O)CC2)c(=O)n2nc(N3CCC(=C(F)F)CC3)nc2n1CC(=O)Nc1ccc(C(F)(F)F)cc1Cl. The standard InChI is InChI=1S/C32H32ClF5N10O4/c1-3-22-25(44-10-12-45(13-11-44)28(51)24-26(50)17(2)39-16-40-24)29(52)48-31(42-30(43-48)46-8-6-18(7-9-46)27(34)35)47(22)15-23(49)41-21-5-4-19(14-20(21)33)32(36,37)38/h4-5,14,16,50H,3,6-13,15H2,1-2H3,(H,41,49). The zero-order valence-corrected chi connectivity index (χ0v) is 28.6. The maximum atomic E-state index is 14.2. The minimum absolute atomic E-state index is 0.0179. The molecule has 0 saturated carbocycles. The lowest BCUT2D eigenvalue weighted by Crippen LogP contribution is -2.51. The molecule has 2 amide bonds. The van der Waals surface area contributed by atoms with Gasteiger partial charge in [-0.3, -0.25) is 14.4 Å². The van der Waals surface area contributed by atoms with Gasteiger partial charge in [0.25, 0.3) is 17.5 Å². The fourth-order valence-electron chi connectivity index (χ4n) is 6.25. The number of halogens is 6. The molecule has 0 atom stereocenters. The Morgan fingerprint density at radius 1 is 1.02 bits per heavy atom. The fourth-order valence-corrected chi connectivity index (χ4v) is 6.48. The number of fused-ring (bicyclic) bond motifs is 1. The summed E-state index contributed by atoms with van der Waals surface area (Å²) in [7, 11) is 0. The van der Waals surface area contributed by atoms with Crippen LogP contribution in [0.1, 0.15) is 47.2 Å². The lowest BCUT2D eigenvalue weighted by atomic mass is 10.1. The van der Waals surface area contributed by atoms with E-state index in [-0.39, 0.29) is 109 Å². The van der Waals surface area contributed by atoms with Crippen molar-refractivity contribution in [3.8, 4) is 5.75 Å². The van der Waals surface area contributed by atoms with Gasteiger partial charge in [-0.05, 0) is 50.0 Å². The van der Waals surface area contributed by atoms with E-state index in [1.54, 1.807) is 16.7 Å². The average molecular weight is 751 g/mol. The zero-order chi connectivity index (χ0) is 37.5. The second-order valence-electron chi connectivity index (χ2n) is 12.2. The van der Waals surface area contributed by atoms with Gasteiger partial charge in [-0.15, -0.1) is 5.10 Å². The molecule has 2 saturated heterocycles. The maximum absolute atomic E-state index is 14.2. The maximum Gasteiger partial charge on any atom is 0.416 e. The highest BCUT2D eigenvalue weighted by Gasteiger charge is 2.33. The van der Waals surface area contributed by atoms with Crippen LogP contribution in [0.15, 0.2) is 41.0 Å². The third-order valence-electron chi connectivity index (χ3n) is 9.03. The summed E-state index contributed by atoms with van der Waals surface area (Å²) in [5, 5.41) is 17.0. The van der Waals surface area contributed by atoms with Crippen LogP contribution < -0.4 is 20.7 Å². The summed E-state index contributed by atoms with van der Waals surface area (Å²) < 4.78 is 68.6. The molecule has 2 aliphatic rings. The van der Waals surface area contributed by atoms with E-state index >= 15 is 0 Å². The summed E-state index contributed by atoms with van der Waals surface area (Å²) in [5.74, 6) is -1.47. The normalized spacial score (nSPS) is 15.4. The Kier molecular flexibility index (Phi) is 10.1. The molecular weight excluding hydrogens is 719 g/mol. The van der Waals surface area contributed by atoms with Gasteiger partial charge < -0.3 is 29.7 Å². The van der Waals surface area contributed by atoms with E-state index in [1.807, 2.05) is 0 Å². The van der Waals surface area contributed by atoms with Crippen molar-refractivity contribution in [3.63, 3.8) is 0 Å². The molecule has 2 aliphatic heterocycles. The van der Waals surface area contributed by atoms with Gasteiger partial charge in [0.1, 0.15) is 18.6 Å². The first-order valence-electron chi connectivity index (χ1n) is 16.2. The Morgan fingerprint density at radius 3 is 2.33 bits per heavy atom. The number of amides is 2. The Bertz CT molecular complexity index is 2130. The summed E-state index contributed by atoms with van der Waals surface area (Å²) >= 11 is 6.09. The molecule has 3 aromatic heterocycles. The van der Waals surface area contributed by atoms with Crippen LogP contribution in [-0.2, 0) is 23.9 Å². The van der Waals surface area contributed by atoms with Crippen molar-refractivity contribution in [3.05, 3.63) is 74.2 Å². The van der Waals surface area contributed by atoms with Crippen molar-refractivity contribution in [2.75, 3.05) is 54.4 Å². The molecular formula is C32H32ClF5N10O4. The molecule has 14 nitrogen and oxygen atoms in total. The number of carbonyl (C=O) groups excluding carboxylic acids is 2. The molecule has 0 spiro atoms. The Hall–Kier alpha value is -5.33. The van der Waals surface area contributed by atoms with Crippen LogP contribution in [-0.4, -0.2) is 90.2 Å². The molecule has 20 heteroatoms. The Morgan fingerprint density at radius 2 is 1.71 bits per heavy atom. The van der Waals surface area contributed by atoms with Crippen molar-refractivity contribution in [2.24, 2.45) is 0 Å². The zero-order valence-electron chi connectivity index (χ0n) is 27.8. The highest BCUT2D eigenvalue weighted by Crippen LogP contribution is 2.34. The highest BCUT2D eigenvalue weighted by atomic mass is 35.5. The van der Waals surface area contributed by atoms with Crippen LogP contribution in [0, 0.1) is 6.92 Å². The van der Waals surface area contributed by atoms with E-state index in [9.17, 15) is 41.4 Å². The quantitative estimate of drug-likeness (QED) is 0.262. The molecule has 0 radical (unpaired) electrons. The number of aryl methyl sites for hydroxylation is 1. The molecule has 0 bridgehead atoms. The molecule has 6 rings (SSSR count). The highest BCUT2D eigenvalue weighted by molar-refractivity contribution is 6.33. The van der Waals surface area contributed by atoms with Gasteiger partial charge in [0.05, 0.1) is 27.7 Å². The predicted molar refractivity (Wildman–Crippen MR) is 179 cm³/mol. The van der Waals surface area contributed by atoms with Gasteiger partial charge in [0.2, 0.25) is 17.6 Å². The van der Waals surface area contributed by atoms with Crippen molar-refractivity contribution < 1.29 is 36.6 Å². The number of nitrogens with zero attached hydrogens (tertiary/aromatic N) is 9. The molecule has 2 fully saturated rings. The third-order valence-corrected chi connectivity index (χ3v) is 9.34. The van der Waals surface area contributed by atoms with E-state index in [1.165, 1.54) is 22.7 Å². The number of nitrogens with one attached hydrogen (secondary N) is 1. The minimum atomic E-state index is -4.65. The average Bonchev–Trinajstić information content (AvgIpc) is 3.57.